The van der Waals surface area contributed by atoms with Crippen molar-refractivity contribution in [3.05, 3.63) is 29.8 Å². The van der Waals surface area contributed by atoms with Crippen LogP contribution in [0.5, 0.6) is 5.75 Å². The fourth-order valence-corrected chi connectivity index (χ4v) is 3.48. The van der Waals surface area contributed by atoms with E-state index in [-0.39, 0.29) is 17.1 Å². The Hall–Kier alpha value is -1.69. The molecule has 1 heterocycles. The molecule has 1 aromatic rings. The fraction of sp³-hybridized carbons (Fsp3) is 0.556. The minimum atomic E-state index is -0.0880. The van der Waals surface area contributed by atoms with E-state index in [0.29, 0.717) is 32.8 Å². The Kier molecular flexibility index (Phi) is 6.97. The third-order valence-electron chi connectivity index (χ3n) is 4.09. The van der Waals surface area contributed by atoms with Crippen LogP contribution < -0.4 is 4.74 Å². The van der Waals surface area contributed by atoms with E-state index in [9.17, 15) is 9.59 Å². The summed E-state index contributed by atoms with van der Waals surface area (Å²) in [5.74, 6) is 1.88. The second kappa shape index (κ2) is 8.97. The summed E-state index contributed by atoms with van der Waals surface area (Å²) in [6, 6.07) is 7.97. The van der Waals surface area contributed by atoms with E-state index < -0.39 is 0 Å². The number of carbonyl (C=O) groups is 2. The first-order chi connectivity index (χ1) is 11.5. The second-order valence-corrected chi connectivity index (χ2v) is 7.46. The predicted octanol–water partition coefficient (Wildman–Crippen LogP) is 2.19. The molecule has 1 fully saturated rings. The number of benzene rings is 1. The largest absolute Gasteiger partial charge is 0.493 e. The van der Waals surface area contributed by atoms with Crippen molar-refractivity contribution >= 4 is 23.6 Å². The van der Waals surface area contributed by atoms with Gasteiger partial charge in [0.15, 0.2) is 0 Å². The lowest BCUT2D eigenvalue weighted by atomic mass is 10.2. The van der Waals surface area contributed by atoms with Crippen molar-refractivity contribution in [3.8, 4) is 5.75 Å². The molecule has 0 N–H and O–H groups in total. The topological polar surface area (TPSA) is 49.9 Å². The fourth-order valence-electron chi connectivity index (χ4n) is 2.66. The van der Waals surface area contributed by atoms with Crippen molar-refractivity contribution < 1.29 is 14.3 Å². The van der Waals surface area contributed by atoms with Crippen LogP contribution in [0.4, 0.5) is 0 Å². The van der Waals surface area contributed by atoms with Gasteiger partial charge < -0.3 is 14.5 Å². The van der Waals surface area contributed by atoms with E-state index in [1.165, 1.54) is 5.56 Å². The van der Waals surface area contributed by atoms with Gasteiger partial charge in [-0.05, 0) is 31.5 Å². The molecule has 1 unspecified atom stereocenters. The number of hydrogen-bond donors (Lipinski definition) is 0. The van der Waals surface area contributed by atoms with E-state index >= 15 is 0 Å². The summed E-state index contributed by atoms with van der Waals surface area (Å²) < 4.78 is 5.71. The number of ether oxygens (including phenoxy) is 1. The Labute approximate surface area is 148 Å². The highest BCUT2D eigenvalue weighted by molar-refractivity contribution is 8.00. The lowest BCUT2D eigenvalue weighted by Gasteiger charge is -2.35. The van der Waals surface area contributed by atoms with Gasteiger partial charge in [-0.1, -0.05) is 12.1 Å². The number of rotatable bonds is 6. The number of hydrogen-bond acceptors (Lipinski definition) is 4. The highest BCUT2D eigenvalue weighted by Gasteiger charge is 2.25. The monoisotopic (exact) mass is 350 g/mol. The number of aryl methyl sites for hydroxylation is 1. The molecule has 1 aromatic carbocycles. The summed E-state index contributed by atoms with van der Waals surface area (Å²) >= 11 is 1.61. The lowest BCUT2D eigenvalue weighted by molar-refractivity contribution is -0.137. The third-order valence-corrected chi connectivity index (χ3v) is 5.20. The summed E-state index contributed by atoms with van der Waals surface area (Å²) in [5.41, 5.74) is 1.17. The molecular formula is C18H26N2O3S. The highest BCUT2D eigenvalue weighted by Crippen LogP contribution is 2.17. The van der Waals surface area contributed by atoms with E-state index in [0.717, 1.165) is 11.5 Å². The quantitative estimate of drug-likeness (QED) is 0.738. The Morgan fingerprint density at radius 3 is 2.50 bits per heavy atom. The van der Waals surface area contributed by atoms with Crippen molar-refractivity contribution in [1.29, 1.82) is 0 Å². The summed E-state index contributed by atoms with van der Waals surface area (Å²) in [6.07, 6.45) is 0. The molecule has 1 saturated heterocycles. The average molecular weight is 350 g/mol. The normalized spacial score (nSPS) is 16.0. The lowest BCUT2D eigenvalue weighted by Crippen LogP contribution is -2.51. The first-order valence-corrected chi connectivity index (χ1v) is 9.37. The Morgan fingerprint density at radius 1 is 1.21 bits per heavy atom. The van der Waals surface area contributed by atoms with Crippen LogP contribution in [0.1, 0.15) is 19.4 Å². The van der Waals surface area contributed by atoms with Crippen molar-refractivity contribution in [2.75, 3.05) is 38.5 Å². The van der Waals surface area contributed by atoms with Gasteiger partial charge in [0.05, 0.1) is 11.9 Å². The van der Waals surface area contributed by atoms with Gasteiger partial charge in [-0.25, -0.2) is 0 Å². The Balaban J connectivity index is 1.68. The van der Waals surface area contributed by atoms with Crippen LogP contribution in [0.25, 0.3) is 0 Å². The molecule has 1 aliphatic heterocycles. The number of nitrogens with zero attached hydrogens (tertiary/aromatic N) is 2. The number of amides is 2. The van der Waals surface area contributed by atoms with Crippen LogP contribution in [0.15, 0.2) is 24.3 Å². The van der Waals surface area contributed by atoms with Crippen LogP contribution >= 0.6 is 11.8 Å². The Morgan fingerprint density at radius 2 is 1.88 bits per heavy atom. The van der Waals surface area contributed by atoms with Crippen molar-refractivity contribution in [2.45, 2.75) is 26.0 Å². The summed E-state index contributed by atoms with van der Waals surface area (Å²) in [4.78, 5) is 27.4. The van der Waals surface area contributed by atoms with Gasteiger partial charge in [-0.3, -0.25) is 9.59 Å². The van der Waals surface area contributed by atoms with Crippen LogP contribution in [0, 0.1) is 6.92 Å². The maximum atomic E-state index is 12.4. The second-order valence-electron chi connectivity index (χ2n) is 6.01. The summed E-state index contributed by atoms with van der Waals surface area (Å²) in [7, 11) is 0. The minimum absolute atomic E-state index is 0.0813. The molecule has 6 heteroatoms. The molecule has 0 spiro atoms. The highest BCUT2D eigenvalue weighted by atomic mass is 32.2. The van der Waals surface area contributed by atoms with Crippen LogP contribution in [-0.4, -0.2) is 65.4 Å². The molecule has 132 valence electrons. The van der Waals surface area contributed by atoms with Gasteiger partial charge >= 0.3 is 0 Å². The van der Waals surface area contributed by atoms with Crippen LogP contribution in [-0.2, 0) is 9.59 Å². The molecule has 1 atom stereocenters. The molecule has 24 heavy (non-hydrogen) atoms. The standard InChI is InChI=1S/C18H26N2O3S/c1-14-5-4-6-17(13-14)23-11-12-24-15(2)18(22)20-9-7-19(8-10-20)16(3)21/h4-6,13,15H,7-12H2,1-3H3. The first-order valence-electron chi connectivity index (χ1n) is 8.32. The SMILES string of the molecule is CC(=O)N1CCN(C(=O)C(C)SCCOc2cccc(C)c2)CC1. The van der Waals surface area contributed by atoms with Crippen molar-refractivity contribution in [1.82, 2.24) is 9.80 Å². The predicted molar refractivity (Wildman–Crippen MR) is 97.4 cm³/mol. The van der Waals surface area contributed by atoms with Gasteiger partial charge in [0, 0.05) is 38.9 Å². The third kappa shape index (κ3) is 5.44. The first kappa shape index (κ1) is 18.6. The number of thioether (sulfide) groups is 1. The molecule has 0 saturated carbocycles. The average Bonchev–Trinajstić information content (AvgIpc) is 2.58. The number of piperazine rings is 1. The number of carbonyl (C=O) groups excluding carboxylic acids is 2. The summed E-state index contributed by atoms with van der Waals surface area (Å²) in [5, 5.41) is -0.0880. The molecule has 2 rings (SSSR count). The molecule has 2 amide bonds. The van der Waals surface area contributed by atoms with Gasteiger partial charge in [0.2, 0.25) is 11.8 Å². The van der Waals surface area contributed by atoms with Crippen LogP contribution in [0.3, 0.4) is 0 Å². The maximum Gasteiger partial charge on any atom is 0.235 e. The molecule has 5 nitrogen and oxygen atoms in total. The smallest absolute Gasteiger partial charge is 0.235 e. The molecule has 0 aliphatic carbocycles. The Bertz CT molecular complexity index is 571. The van der Waals surface area contributed by atoms with Crippen molar-refractivity contribution in [2.24, 2.45) is 0 Å². The molecule has 1 aliphatic rings. The van der Waals surface area contributed by atoms with Gasteiger partial charge in [0.25, 0.3) is 0 Å². The summed E-state index contributed by atoms with van der Waals surface area (Å²) in [6.45, 7) is 8.66. The van der Waals surface area contributed by atoms with Crippen molar-refractivity contribution in [3.63, 3.8) is 0 Å². The van der Waals surface area contributed by atoms with E-state index in [4.69, 9.17) is 4.74 Å². The molecule has 0 aromatic heterocycles. The molecule has 0 radical (unpaired) electrons. The van der Waals surface area contributed by atoms with E-state index in [1.807, 2.05) is 43.0 Å². The van der Waals surface area contributed by atoms with E-state index in [2.05, 4.69) is 0 Å². The zero-order valence-corrected chi connectivity index (χ0v) is 15.5. The van der Waals surface area contributed by atoms with Gasteiger partial charge in [-0.2, -0.15) is 0 Å². The maximum absolute atomic E-state index is 12.4. The van der Waals surface area contributed by atoms with E-state index in [1.54, 1.807) is 23.6 Å². The van der Waals surface area contributed by atoms with Gasteiger partial charge in [0.1, 0.15) is 5.75 Å². The zero-order chi connectivity index (χ0) is 17.5. The van der Waals surface area contributed by atoms with Gasteiger partial charge in [-0.15, -0.1) is 11.8 Å². The molecular weight excluding hydrogens is 324 g/mol. The minimum Gasteiger partial charge on any atom is -0.493 e. The zero-order valence-electron chi connectivity index (χ0n) is 14.7. The van der Waals surface area contributed by atoms with Crippen LogP contribution in [0.2, 0.25) is 0 Å². The molecule has 0 bridgehead atoms.